The van der Waals surface area contributed by atoms with Crippen molar-refractivity contribution in [3.63, 3.8) is 0 Å². The lowest BCUT2D eigenvalue weighted by Gasteiger charge is -2.27. The number of nitrogens with one attached hydrogen (secondary N) is 1. The fourth-order valence-corrected chi connectivity index (χ4v) is 1.31. The molecule has 0 bridgehead atoms. The Morgan fingerprint density at radius 1 is 1.57 bits per heavy atom. The third-order valence-electron chi connectivity index (χ3n) is 2.30. The summed E-state index contributed by atoms with van der Waals surface area (Å²) in [6.45, 7) is 6.16. The monoisotopic (exact) mass is 213 g/mol. The molecule has 1 heterocycles. The first kappa shape index (κ1) is 11.2. The van der Waals surface area contributed by atoms with Gasteiger partial charge in [-0.15, -0.1) is 16.7 Å². The Labute approximate surface area is 89.9 Å². The van der Waals surface area contributed by atoms with Gasteiger partial charge in [0, 0.05) is 11.4 Å². The lowest BCUT2D eigenvalue weighted by atomic mass is 10.0. The first-order valence-electron chi connectivity index (χ1n) is 4.73. The number of halogens is 1. The molecule has 0 fully saturated rings. The van der Waals surface area contributed by atoms with Crippen molar-refractivity contribution in [2.24, 2.45) is 0 Å². The van der Waals surface area contributed by atoms with Crippen LogP contribution in [0.15, 0.2) is 12.3 Å². The molecule has 78 valence electrons. The van der Waals surface area contributed by atoms with Crippen LogP contribution in [-0.4, -0.2) is 21.6 Å². The van der Waals surface area contributed by atoms with E-state index >= 15 is 0 Å². The van der Waals surface area contributed by atoms with Gasteiger partial charge in [0.1, 0.15) is 5.82 Å². The third-order valence-corrected chi connectivity index (χ3v) is 2.89. The lowest BCUT2D eigenvalue weighted by molar-refractivity contribution is 0.550. The van der Waals surface area contributed by atoms with E-state index < -0.39 is 0 Å². The molecule has 1 rings (SSSR count). The van der Waals surface area contributed by atoms with Gasteiger partial charge in [0.15, 0.2) is 0 Å². The average Bonchev–Trinajstić information content (AvgIpc) is 2.18. The highest BCUT2D eigenvalue weighted by molar-refractivity contribution is 6.18. The number of rotatable bonds is 4. The molecular formula is C10H16ClN3. The number of nitrogens with zero attached hydrogens (tertiary/aromatic N) is 2. The molecule has 0 saturated heterocycles. The molecule has 1 atom stereocenters. The van der Waals surface area contributed by atoms with E-state index in [9.17, 15) is 0 Å². The van der Waals surface area contributed by atoms with E-state index in [4.69, 9.17) is 11.6 Å². The van der Waals surface area contributed by atoms with E-state index in [0.29, 0.717) is 5.88 Å². The van der Waals surface area contributed by atoms with Crippen LogP contribution in [0.4, 0.5) is 5.82 Å². The van der Waals surface area contributed by atoms with Gasteiger partial charge in [0.25, 0.3) is 0 Å². The zero-order chi connectivity index (χ0) is 10.6. The molecule has 0 aromatic carbocycles. The Kier molecular flexibility index (Phi) is 3.69. The highest BCUT2D eigenvalue weighted by Gasteiger charge is 2.20. The van der Waals surface area contributed by atoms with E-state index in [1.807, 2.05) is 13.0 Å². The third kappa shape index (κ3) is 2.84. The molecule has 1 aromatic rings. The van der Waals surface area contributed by atoms with Crippen LogP contribution in [0.1, 0.15) is 25.8 Å². The number of anilines is 1. The summed E-state index contributed by atoms with van der Waals surface area (Å²) in [6, 6.07) is 1.97. The van der Waals surface area contributed by atoms with Gasteiger partial charge in [-0.3, -0.25) is 0 Å². The average molecular weight is 214 g/mol. The maximum absolute atomic E-state index is 5.89. The van der Waals surface area contributed by atoms with Crippen molar-refractivity contribution in [1.29, 1.82) is 0 Å². The highest BCUT2D eigenvalue weighted by Crippen LogP contribution is 2.18. The number of aryl methyl sites for hydroxylation is 1. The van der Waals surface area contributed by atoms with E-state index in [2.05, 4.69) is 29.4 Å². The molecular weight excluding hydrogens is 198 g/mol. The van der Waals surface area contributed by atoms with E-state index in [1.54, 1.807) is 6.20 Å². The van der Waals surface area contributed by atoms with Crippen LogP contribution in [0.5, 0.6) is 0 Å². The van der Waals surface area contributed by atoms with Crippen molar-refractivity contribution in [2.75, 3.05) is 11.2 Å². The van der Waals surface area contributed by atoms with Crippen LogP contribution in [0.25, 0.3) is 0 Å². The zero-order valence-corrected chi connectivity index (χ0v) is 9.60. The van der Waals surface area contributed by atoms with Gasteiger partial charge in [-0.25, -0.2) is 0 Å². The Hall–Kier alpha value is -0.830. The summed E-state index contributed by atoms with van der Waals surface area (Å²) in [5.74, 6) is 1.34. The first-order chi connectivity index (χ1) is 6.59. The van der Waals surface area contributed by atoms with E-state index in [1.165, 1.54) is 0 Å². The minimum atomic E-state index is -0.107. The summed E-state index contributed by atoms with van der Waals surface area (Å²) in [5, 5.41) is 11.2. The topological polar surface area (TPSA) is 37.8 Å². The molecule has 14 heavy (non-hydrogen) atoms. The van der Waals surface area contributed by atoms with Crippen LogP contribution < -0.4 is 5.32 Å². The molecule has 0 saturated carbocycles. The van der Waals surface area contributed by atoms with Crippen molar-refractivity contribution in [3.8, 4) is 0 Å². The van der Waals surface area contributed by atoms with Crippen molar-refractivity contribution in [1.82, 2.24) is 10.2 Å². The quantitative estimate of drug-likeness (QED) is 0.782. The maximum Gasteiger partial charge on any atom is 0.149 e. The predicted molar refractivity (Wildman–Crippen MR) is 59.8 cm³/mol. The summed E-state index contributed by atoms with van der Waals surface area (Å²) in [6.07, 6.45) is 2.68. The summed E-state index contributed by atoms with van der Waals surface area (Å²) in [5.41, 5.74) is 0.986. The van der Waals surface area contributed by atoms with Crippen LogP contribution >= 0.6 is 11.6 Å². The number of alkyl halides is 1. The minimum absolute atomic E-state index is 0.107. The van der Waals surface area contributed by atoms with Crippen LogP contribution in [-0.2, 0) is 0 Å². The minimum Gasteiger partial charge on any atom is -0.362 e. The van der Waals surface area contributed by atoms with Crippen LogP contribution in [0.3, 0.4) is 0 Å². The molecule has 1 unspecified atom stereocenters. The van der Waals surface area contributed by atoms with Gasteiger partial charge in [-0.1, -0.05) is 6.92 Å². The van der Waals surface area contributed by atoms with Gasteiger partial charge in [0.05, 0.1) is 6.20 Å². The van der Waals surface area contributed by atoms with Crippen LogP contribution in [0.2, 0.25) is 0 Å². The van der Waals surface area contributed by atoms with Gasteiger partial charge >= 0.3 is 0 Å². The van der Waals surface area contributed by atoms with Crippen molar-refractivity contribution in [2.45, 2.75) is 32.7 Å². The molecule has 3 nitrogen and oxygen atoms in total. The normalized spacial score (nSPS) is 14.9. The standard InChI is InChI=1S/C10H16ClN3/c1-4-10(3,7-11)13-9-5-8(2)6-12-14-9/h5-6H,4,7H2,1-3H3,(H,13,14). The molecule has 4 heteroatoms. The second kappa shape index (κ2) is 4.60. The molecule has 0 radical (unpaired) electrons. The first-order valence-corrected chi connectivity index (χ1v) is 5.26. The maximum atomic E-state index is 5.89. The number of aromatic nitrogens is 2. The molecule has 1 aromatic heterocycles. The smallest absolute Gasteiger partial charge is 0.149 e. The second-order valence-corrected chi connectivity index (χ2v) is 4.06. The van der Waals surface area contributed by atoms with Crippen LogP contribution in [0, 0.1) is 6.92 Å². The Morgan fingerprint density at radius 2 is 2.29 bits per heavy atom. The Morgan fingerprint density at radius 3 is 2.79 bits per heavy atom. The SMILES string of the molecule is CCC(C)(CCl)Nc1cc(C)cnn1. The van der Waals surface area contributed by atoms with Gasteiger partial charge < -0.3 is 5.32 Å². The zero-order valence-electron chi connectivity index (χ0n) is 8.84. The number of hydrogen-bond donors (Lipinski definition) is 1. The van der Waals surface area contributed by atoms with Gasteiger partial charge in [-0.2, -0.15) is 5.10 Å². The summed E-state index contributed by atoms with van der Waals surface area (Å²) < 4.78 is 0. The molecule has 1 N–H and O–H groups in total. The van der Waals surface area contributed by atoms with Gasteiger partial charge in [0.2, 0.25) is 0 Å². The molecule has 0 aliphatic rings. The van der Waals surface area contributed by atoms with E-state index in [0.717, 1.165) is 17.8 Å². The van der Waals surface area contributed by atoms with E-state index in [-0.39, 0.29) is 5.54 Å². The highest BCUT2D eigenvalue weighted by atomic mass is 35.5. The summed E-state index contributed by atoms with van der Waals surface area (Å²) >= 11 is 5.89. The van der Waals surface area contributed by atoms with Crippen molar-refractivity contribution < 1.29 is 0 Å². The predicted octanol–water partition coefficient (Wildman–Crippen LogP) is 2.60. The fourth-order valence-electron chi connectivity index (χ4n) is 1.05. The van der Waals surface area contributed by atoms with Crippen molar-refractivity contribution >= 4 is 17.4 Å². The fraction of sp³-hybridized carbons (Fsp3) is 0.600. The summed E-state index contributed by atoms with van der Waals surface area (Å²) in [4.78, 5) is 0. The largest absolute Gasteiger partial charge is 0.362 e. The second-order valence-electron chi connectivity index (χ2n) is 3.79. The van der Waals surface area contributed by atoms with Gasteiger partial charge in [-0.05, 0) is 31.9 Å². The Balaban J connectivity index is 2.77. The molecule has 0 amide bonds. The summed E-state index contributed by atoms with van der Waals surface area (Å²) in [7, 11) is 0. The number of hydrogen-bond acceptors (Lipinski definition) is 3. The Bertz CT molecular complexity index is 297. The molecule has 0 aliphatic heterocycles. The van der Waals surface area contributed by atoms with Crippen molar-refractivity contribution in [3.05, 3.63) is 17.8 Å². The molecule has 0 aliphatic carbocycles. The lowest BCUT2D eigenvalue weighted by Crippen LogP contribution is -2.36. The molecule has 0 spiro atoms.